The molecule has 0 radical (unpaired) electrons. The van der Waals surface area contributed by atoms with Crippen LogP contribution in [-0.4, -0.2) is 73.1 Å². The number of rotatable bonds is 8. The third-order valence-electron chi connectivity index (χ3n) is 7.88. The second kappa shape index (κ2) is 12.9. The first kappa shape index (κ1) is 29.5. The number of piperidine rings is 1. The van der Waals surface area contributed by atoms with E-state index >= 15 is 0 Å². The van der Waals surface area contributed by atoms with Gasteiger partial charge in [-0.3, -0.25) is 9.59 Å². The molecule has 0 saturated carbocycles. The lowest BCUT2D eigenvalue weighted by Crippen LogP contribution is -2.58. The van der Waals surface area contributed by atoms with Gasteiger partial charge in [-0.15, -0.1) is 0 Å². The van der Waals surface area contributed by atoms with Crippen LogP contribution in [-0.2, 0) is 16.0 Å². The van der Waals surface area contributed by atoms with Crippen molar-refractivity contribution in [2.75, 3.05) is 50.2 Å². The van der Waals surface area contributed by atoms with E-state index in [1.807, 2.05) is 54.6 Å². The lowest BCUT2D eigenvalue weighted by atomic mass is 9.85. The number of likely N-dealkylation sites (tertiary alicyclic amines) is 1. The summed E-state index contributed by atoms with van der Waals surface area (Å²) < 4.78 is 5.39. The summed E-state index contributed by atoms with van der Waals surface area (Å²) >= 11 is 12.2. The lowest BCUT2D eigenvalue weighted by molar-refractivity contribution is -0.137. The molecule has 5 rings (SSSR count). The van der Waals surface area contributed by atoms with Gasteiger partial charge in [0, 0.05) is 30.3 Å². The Kier molecular flexibility index (Phi) is 9.09. The van der Waals surface area contributed by atoms with Crippen molar-refractivity contribution in [1.82, 2.24) is 15.1 Å². The minimum Gasteiger partial charge on any atom is -0.496 e. The summed E-state index contributed by atoms with van der Waals surface area (Å²) in [5.41, 5.74) is 1.52. The molecule has 4 amide bonds. The largest absolute Gasteiger partial charge is 0.496 e. The Balaban J connectivity index is 1.24. The second-order valence-corrected chi connectivity index (χ2v) is 11.2. The molecule has 3 aromatic carbocycles. The third kappa shape index (κ3) is 6.27. The molecule has 11 heteroatoms. The lowest BCUT2D eigenvalue weighted by Gasteiger charge is -2.43. The minimum absolute atomic E-state index is 0.0465. The van der Waals surface area contributed by atoms with Crippen LogP contribution in [0.1, 0.15) is 18.4 Å². The van der Waals surface area contributed by atoms with Crippen LogP contribution < -0.4 is 20.3 Å². The number of para-hydroxylation sites is 2. The highest BCUT2D eigenvalue weighted by atomic mass is 35.5. The van der Waals surface area contributed by atoms with Gasteiger partial charge in [0.15, 0.2) is 0 Å². The fraction of sp³-hybridized carbons (Fsp3) is 0.323. The molecule has 1 spiro atoms. The standard InChI is InChI=1S/C31H33Cl2N5O4/c1-42-27-10-6-5-7-22(27)13-16-34-28(39)20-37-21-38(24-8-3-2-4-9-24)31(29(37)40)14-17-36(18-15-31)30(41)35-26-12-11-23(32)19-25(26)33/h2-12,19H,13-18,20-21H2,1H3,(H,34,39)(H,35,41). The SMILES string of the molecule is COc1ccccc1CCNC(=O)CN1CN(c2ccccc2)C2(CCN(C(=O)Nc3ccc(Cl)cc3Cl)CC2)C1=O. The third-order valence-corrected chi connectivity index (χ3v) is 8.42. The maximum atomic E-state index is 14.0. The van der Waals surface area contributed by atoms with Crippen LogP contribution in [0.3, 0.4) is 0 Å². The van der Waals surface area contributed by atoms with Crippen molar-refractivity contribution in [1.29, 1.82) is 0 Å². The first-order valence-corrected chi connectivity index (χ1v) is 14.6. The zero-order chi connectivity index (χ0) is 29.7. The molecule has 0 aliphatic carbocycles. The van der Waals surface area contributed by atoms with Crippen LogP contribution in [0.4, 0.5) is 16.2 Å². The highest BCUT2D eigenvalue weighted by molar-refractivity contribution is 6.36. The highest BCUT2D eigenvalue weighted by Crippen LogP contribution is 2.39. The first-order valence-electron chi connectivity index (χ1n) is 13.8. The predicted molar refractivity (Wildman–Crippen MR) is 164 cm³/mol. The van der Waals surface area contributed by atoms with Crippen molar-refractivity contribution >= 4 is 52.4 Å². The summed E-state index contributed by atoms with van der Waals surface area (Å²) in [5, 5.41) is 6.61. The van der Waals surface area contributed by atoms with Gasteiger partial charge in [-0.1, -0.05) is 59.6 Å². The van der Waals surface area contributed by atoms with Crippen molar-refractivity contribution in [2.24, 2.45) is 0 Å². The van der Waals surface area contributed by atoms with E-state index in [0.717, 1.165) is 17.0 Å². The average Bonchev–Trinajstić information content (AvgIpc) is 3.25. The predicted octanol–water partition coefficient (Wildman–Crippen LogP) is 5.03. The Morgan fingerprint density at radius 1 is 0.976 bits per heavy atom. The number of anilines is 2. The molecule has 0 bridgehead atoms. The van der Waals surface area contributed by atoms with Gasteiger partial charge >= 0.3 is 6.03 Å². The number of halogens is 2. The molecule has 2 heterocycles. The number of carbonyl (C=O) groups is 3. The number of nitrogens with zero attached hydrogens (tertiary/aromatic N) is 3. The molecule has 0 atom stereocenters. The van der Waals surface area contributed by atoms with Gasteiger partial charge in [0.2, 0.25) is 5.91 Å². The average molecular weight is 611 g/mol. The number of methoxy groups -OCH3 is 1. The molecule has 2 N–H and O–H groups in total. The van der Waals surface area contributed by atoms with E-state index in [2.05, 4.69) is 15.5 Å². The van der Waals surface area contributed by atoms with Crippen molar-refractivity contribution in [2.45, 2.75) is 24.8 Å². The second-order valence-electron chi connectivity index (χ2n) is 10.4. The Bertz CT molecular complexity index is 1450. The summed E-state index contributed by atoms with van der Waals surface area (Å²) in [6, 6.07) is 22.0. The van der Waals surface area contributed by atoms with E-state index in [4.69, 9.17) is 27.9 Å². The maximum absolute atomic E-state index is 14.0. The van der Waals surface area contributed by atoms with E-state index < -0.39 is 5.54 Å². The van der Waals surface area contributed by atoms with Crippen molar-refractivity contribution in [3.05, 3.63) is 88.4 Å². The number of hydrogen-bond acceptors (Lipinski definition) is 5. The molecule has 0 unspecified atom stereocenters. The number of ether oxygens (including phenoxy) is 1. The molecule has 42 heavy (non-hydrogen) atoms. The van der Waals surface area contributed by atoms with Gasteiger partial charge in [0.1, 0.15) is 17.8 Å². The molecule has 220 valence electrons. The van der Waals surface area contributed by atoms with Crippen LogP contribution in [0.25, 0.3) is 0 Å². The van der Waals surface area contributed by atoms with Crippen molar-refractivity contribution in [3.63, 3.8) is 0 Å². The van der Waals surface area contributed by atoms with E-state index in [-0.39, 0.29) is 31.1 Å². The number of nitrogens with one attached hydrogen (secondary N) is 2. The van der Waals surface area contributed by atoms with Gasteiger partial charge in [0.25, 0.3) is 5.91 Å². The molecule has 2 fully saturated rings. The topological polar surface area (TPSA) is 94.2 Å². The van der Waals surface area contributed by atoms with E-state index in [9.17, 15) is 14.4 Å². The fourth-order valence-corrected chi connectivity index (χ4v) is 6.12. The Morgan fingerprint density at radius 2 is 1.69 bits per heavy atom. The van der Waals surface area contributed by atoms with E-state index in [0.29, 0.717) is 54.6 Å². The number of amides is 4. The van der Waals surface area contributed by atoms with Crippen LogP contribution in [0, 0.1) is 0 Å². The van der Waals surface area contributed by atoms with Crippen molar-refractivity contribution in [3.8, 4) is 5.75 Å². The van der Waals surface area contributed by atoms with Crippen molar-refractivity contribution < 1.29 is 19.1 Å². The monoisotopic (exact) mass is 609 g/mol. The van der Waals surface area contributed by atoms with E-state index in [1.54, 1.807) is 35.1 Å². The highest BCUT2D eigenvalue weighted by Gasteiger charge is 2.54. The molecule has 2 aliphatic heterocycles. The Hall–Kier alpha value is -3.95. The summed E-state index contributed by atoms with van der Waals surface area (Å²) in [6.45, 7) is 1.40. The molecular formula is C31H33Cl2N5O4. The molecule has 9 nitrogen and oxygen atoms in total. The number of benzene rings is 3. The Morgan fingerprint density at radius 3 is 2.40 bits per heavy atom. The summed E-state index contributed by atoms with van der Waals surface area (Å²) in [7, 11) is 1.62. The quantitative estimate of drug-likeness (QED) is 0.373. The van der Waals surface area contributed by atoms with E-state index in [1.165, 1.54) is 0 Å². The molecular weight excluding hydrogens is 577 g/mol. The summed E-state index contributed by atoms with van der Waals surface area (Å²) in [4.78, 5) is 45.3. The smallest absolute Gasteiger partial charge is 0.321 e. The zero-order valence-corrected chi connectivity index (χ0v) is 24.8. The van der Waals surface area contributed by atoms with Gasteiger partial charge in [-0.05, 0) is 61.2 Å². The van der Waals surface area contributed by atoms with Gasteiger partial charge in [0.05, 0.1) is 24.5 Å². The minimum atomic E-state index is -0.853. The zero-order valence-electron chi connectivity index (χ0n) is 23.3. The Labute approximate surface area is 255 Å². The summed E-state index contributed by atoms with van der Waals surface area (Å²) in [6.07, 6.45) is 1.46. The van der Waals surface area contributed by atoms with Gasteiger partial charge < -0.3 is 30.1 Å². The van der Waals surface area contributed by atoms with Crippen LogP contribution in [0.2, 0.25) is 10.0 Å². The fourth-order valence-electron chi connectivity index (χ4n) is 5.66. The van der Waals surface area contributed by atoms with Crippen LogP contribution in [0.5, 0.6) is 5.75 Å². The maximum Gasteiger partial charge on any atom is 0.321 e. The van der Waals surface area contributed by atoms with Gasteiger partial charge in [-0.2, -0.15) is 0 Å². The van der Waals surface area contributed by atoms with Crippen LogP contribution >= 0.6 is 23.2 Å². The van der Waals surface area contributed by atoms with Gasteiger partial charge in [-0.25, -0.2) is 4.79 Å². The molecule has 2 saturated heterocycles. The summed E-state index contributed by atoms with van der Waals surface area (Å²) in [5.74, 6) is 0.449. The molecule has 0 aromatic heterocycles. The van der Waals surface area contributed by atoms with Crippen LogP contribution in [0.15, 0.2) is 72.8 Å². The molecule has 2 aliphatic rings. The number of hydrogen-bond donors (Lipinski definition) is 2. The first-order chi connectivity index (χ1) is 20.3. The number of carbonyl (C=O) groups excluding carboxylic acids is 3. The molecule has 3 aromatic rings. The normalized spacial score (nSPS) is 16.1. The number of urea groups is 1.